The smallest absolute Gasteiger partial charge is 0.337 e. The summed E-state index contributed by atoms with van der Waals surface area (Å²) in [5, 5.41) is 13.7. The van der Waals surface area contributed by atoms with Gasteiger partial charge in [-0.3, -0.25) is 0 Å². The molecule has 7 heteroatoms. The van der Waals surface area contributed by atoms with Gasteiger partial charge in [-0.2, -0.15) is 0 Å². The van der Waals surface area contributed by atoms with Crippen molar-refractivity contribution in [3.63, 3.8) is 0 Å². The average molecular weight is 270 g/mol. The van der Waals surface area contributed by atoms with Crippen LogP contribution in [0.25, 0.3) is 0 Å². The molecule has 0 saturated heterocycles. The van der Waals surface area contributed by atoms with Crippen LogP contribution in [0, 0.1) is 11.6 Å². The van der Waals surface area contributed by atoms with Crippen molar-refractivity contribution in [2.75, 3.05) is 5.32 Å². The Morgan fingerprint density at radius 2 is 1.84 bits per heavy atom. The number of hydrogen-bond acceptors (Lipinski definition) is 2. The fourth-order valence-electron chi connectivity index (χ4n) is 1.57. The molecular weight excluding hydrogens is 258 g/mol. The number of aromatic carboxylic acids is 1. The largest absolute Gasteiger partial charge is 0.478 e. The Balaban J connectivity index is 2.20. The summed E-state index contributed by atoms with van der Waals surface area (Å²) < 4.78 is 26.1. The number of anilines is 1. The minimum atomic E-state index is -1.45. The zero-order chi connectivity index (χ0) is 14.2. The summed E-state index contributed by atoms with van der Waals surface area (Å²) in [5.41, 5.74) is -1.09. The highest BCUT2D eigenvalue weighted by Gasteiger charge is 2.38. The van der Waals surface area contributed by atoms with Crippen LogP contribution in [0.15, 0.2) is 12.1 Å². The number of benzene rings is 1. The SMILES string of the molecule is CC1(NC(=O)Nc2cc(F)c(F)cc2C(=O)O)CC1. The fourth-order valence-corrected chi connectivity index (χ4v) is 1.57. The predicted octanol–water partition coefficient (Wildman–Crippen LogP) is 2.34. The summed E-state index contributed by atoms with van der Waals surface area (Å²) in [6.45, 7) is 1.83. The van der Waals surface area contributed by atoms with Crippen molar-refractivity contribution in [1.82, 2.24) is 5.32 Å². The number of carbonyl (C=O) groups is 2. The maximum Gasteiger partial charge on any atom is 0.337 e. The van der Waals surface area contributed by atoms with Crippen molar-refractivity contribution in [3.05, 3.63) is 29.3 Å². The first-order valence-corrected chi connectivity index (χ1v) is 5.62. The molecule has 19 heavy (non-hydrogen) atoms. The van der Waals surface area contributed by atoms with Crippen molar-refractivity contribution < 1.29 is 23.5 Å². The second-order valence-electron chi connectivity index (χ2n) is 4.76. The highest BCUT2D eigenvalue weighted by molar-refractivity contribution is 6.00. The highest BCUT2D eigenvalue weighted by Crippen LogP contribution is 2.34. The topological polar surface area (TPSA) is 78.4 Å². The van der Waals surface area contributed by atoms with Crippen LogP contribution in [-0.4, -0.2) is 22.6 Å². The Bertz CT molecular complexity index is 556. The second kappa shape index (κ2) is 4.49. The van der Waals surface area contributed by atoms with E-state index in [0.717, 1.165) is 12.8 Å². The monoisotopic (exact) mass is 270 g/mol. The lowest BCUT2D eigenvalue weighted by atomic mass is 10.1. The second-order valence-corrected chi connectivity index (χ2v) is 4.76. The van der Waals surface area contributed by atoms with Crippen molar-refractivity contribution >= 4 is 17.7 Å². The van der Waals surface area contributed by atoms with Gasteiger partial charge in [0.05, 0.1) is 11.3 Å². The van der Waals surface area contributed by atoms with Crippen LogP contribution in [0.3, 0.4) is 0 Å². The molecule has 0 atom stereocenters. The molecule has 3 N–H and O–H groups in total. The van der Waals surface area contributed by atoms with Gasteiger partial charge in [0, 0.05) is 11.6 Å². The third-order valence-electron chi connectivity index (χ3n) is 2.95. The number of carboxylic acid groups (broad SMARTS) is 1. The molecule has 1 aliphatic carbocycles. The summed E-state index contributed by atoms with van der Waals surface area (Å²) >= 11 is 0. The molecule has 1 fully saturated rings. The van der Waals surface area contributed by atoms with Crippen LogP contribution in [0.5, 0.6) is 0 Å². The Hall–Kier alpha value is -2.18. The quantitative estimate of drug-likeness (QED) is 0.788. The Labute approximate surface area is 107 Å². The van der Waals surface area contributed by atoms with E-state index in [9.17, 15) is 18.4 Å². The molecule has 0 spiro atoms. The van der Waals surface area contributed by atoms with Gasteiger partial charge in [-0.25, -0.2) is 18.4 Å². The molecule has 102 valence electrons. The van der Waals surface area contributed by atoms with E-state index in [1.807, 2.05) is 6.92 Å². The molecule has 0 radical (unpaired) electrons. The van der Waals surface area contributed by atoms with Gasteiger partial charge in [0.1, 0.15) is 0 Å². The van der Waals surface area contributed by atoms with Gasteiger partial charge in [-0.15, -0.1) is 0 Å². The Morgan fingerprint density at radius 1 is 1.26 bits per heavy atom. The fraction of sp³-hybridized carbons (Fsp3) is 0.333. The molecule has 2 amide bonds. The van der Waals surface area contributed by atoms with Gasteiger partial charge < -0.3 is 15.7 Å². The van der Waals surface area contributed by atoms with E-state index in [-0.39, 0.29) is 11.2 Å². The van der Waals surface area contributed by atoms with Crippen LogP contribution in [-0.2, 0) is 0 Å². The van der Waals surface area contributed by atoms with Gasteiger partial charge in [-0.05, 0) is 25.8 Å². The van der Waals surface area contributed by atoms with E-state index in [2.05, 4.69) is 10.6 Å². The van der Waals surface area contributed by atoms with Crippen molar-refractivity contribution in [2.24, 2.45) is 0 Å². The van der Waals surface area contributed by atoms with Crippen LogP contribution in [0.4, 0.5) is 19.3 Å². The van der Waals surface area contributed by atoms with E-state index in [1.54, 1.807) is 0 Å². The van der Waals surface area contributed by atoms with Crippen molar-refractivity contribution in [1.29, 1.82) is 0 Å². The number of amides is 2. The molecule has 1 aromatic carbocycles. The molecule has 5 nitrogen and oxygen atoms in total. The lowest BCUT2D eigenvalue weighted by Gasteiger charge is -2.14. The zero-order valence-electron chi connectivity index (χ0n) is 10.1. The van der Waals surface area contributed by atoms with Crippen LogP contribution in [0.2, 0.25) is 0 Å². The Morgan fingerprint density at radius 3 is 2.37 bits per heavy atom. The third-order valence-corrected chi connectivity index (χ3v) is 2.95. The lowest BCUT2D eigenvalue weighted by molar-refractivity contribution is 0.0697. The highest BCUT2D eigenvalue weighted by atomic mass is 19.2. The molecule has 1 saturated carbocycles. The molecule has 0 aliphatic heterocycles. The number of rotatable bonds is 3. The van der Waals surface area contributed by atoms with E-state index in [1.165, 1.54) is 0 Å². The summed E-state index contributed by atoms with van der Waals surface area (Å²) in [6, 6.07) is 0.535. The molecule has 0 bridgehead atoms. The minimum Gasteiger partial charge on any atom is -0.478 e. The minimum absolute atomic E-state index is 0.284. The molecule has 0 aromatic heterocycles. The number of carbonyl (C=O) groups excluding carboxylic acids is 1. The van der Waals surface area contributed by atoms with Gasteiger partial charge in [0.2, 0.25) is 0 Å². The summed E-state index contributed by atoms with van der Waals surface area (Å²) in [5.74, 6) is -3.96. The van der Waals surface area contributed by atoms with Gasteiger partial charge >= 0.3 is 12.0 Å². The normalized spacial score (nSPS) is 15.7. The van der Waals surface area contributed by atoms with Crippen molar-refractivity contribution in [3.8, 4) is 0 Å². The molecule has 1 aromatic rings. The van der Waals surface area contributed by atoms with Gasteiger partial charge in [-0.1, -0.05) is 0 Å². The lowest BCUT2D eigenvalue weighted by Crippen LogP contribution is -2.38. The van der Waals surface area contributed by atoms with E-state index in [4.69, 9.17) is 5.11 Å². The van der Waals surface area contributed by atoms with E-state index < -0.39 is 29.2 Å². The Kier molecular flexibility index (Phi) is 3.13. The maximum atomic E-state index is 13.1. The molecule has 0 heterocycles. The molecule has 1 aliphatic rings. The number of carboxylic acids is 1. The average Bonchev–Trinajstić information content (AvgIpc) is 3.00. The number of hydrogen-bond donors (Lipinski definition) is 3. The number of urea groups is 1. The number of nitrogens with one attached hydrogen (secondary N) is 2. The summed E-state index contributed by atoms with van der Waals surface area (Å²) in [4.78, 5) is 22.5. The van der Waals surface area contributed by atoms with Crippen LogP contribution < -0.4 is 10.6 Å². The first kappa shape index (κ1) is 13.3. The molecule has 2 rings (SSSR count). The maximum absolute atomic E-state index is 13.1. The predicted molar refractivity (Wildman–Crippen MR) is 63.1 cm³/mol. The van der Waals surface area contributed by atoms with E-state index in [0.29, 0.717) is 12.1 Å². The first-order valence-electron chi connectivity index (χ1n) is 5.62. The van der Waals surface area contributed by atoms with Crippen molar-refractivity contribution in [2.45, 2.75) is 25.3 Å². The standard InChI is InChI=1S/C12H12F2N2O3/c1-12(2-3-12)16-11(19)15-9-5-8(14)7(13)4-6(9)10(17)18/h4-5H,2-3H2,1H3,(H,17,18)(H2,15,16,19). The molecule has 0 unspecified atom stereocenters. The molecular formula is C12H12F2N2O3. The van der Waals surface area contributed by atoms with Gasteiger partial charge in [0.15, 0.2) is 11.6 Å². The summed E-state index contributed by atoms with van der Waals surface area (Å²) in [6.07, 6.45) is 1.65. The zero-order valence-corrected chi connectivity index (χ0v) is 10.1. The third kappa shape index (κ3) is 2.98. The van der Waals surface area contributed by atoms with Crippen LogP contribution >= 0.6 is 0 Å². The van der Waals surface area contributed by atoms with E-state index >= 15 is 0 Å². The number of halogens is 2. The van der Waals surface area contributed by atoms with Gasteiger partial charge in [0.25, 0.3) is 0 Å². The first-order chi connectivity index (χ1) is 8.81. The van der Waals surface area contributed by atoms with Crippen LogP contribution in [0.1, 0.15) is 30.1 Å². The summed E-state index contributed by atoms with van der Waals surface area (Å²) in [7, 11) is 0.